The predicted octanol–water partition coefficient (Wildman–Crippen LogP) is 3.91. The van der Waals surface area contributed by atoms with Gasteiger partial charge in [-0.3, -0.25) is 14.7 Å². The maximum absolute atomic E-state index is 12.5. The average Bonchev–Trinajstić information content (AvgIpc) is 3.25. The smallest absolute Gasteiger partial charge is 0.342 e. The summed E-state index contributed by atoms with van der Waals surface area (Å²) in [6.45, 7) is 4.13. The lowest BCUT2D eigenvalue weighted by Crippen LogP contribution is -2.49. The van der Waals surface area contributed by atoms with Gasteiger partial charge < -0.3 is 9.88 Å². The minimum absolute atomic E-state index is 0.294. The van der Waals surface area contributed by atoms with Crippen molar-refractivity contribution in [3.8, 4) is 11.1 Å². The third-order valence-corrected chi connectivity index (χ3v) is 6.36. The number of nitrogens with zero attached hydrogens (tertiary/aromatic N) is 6. The lowest BCUT2D eigenvalue weighted by atomic mass is 10.1. The Labute approximate surface area is 211 Å². The molecule has 4 heterocycles. The number of nitrogens with one attached hydrogen (secondary N) is 1. The van der Waals surface area contributed by atoms with E-state index in [-0.39, 0.29) is 0 Å². The van der Waals surface area contributed by atoms with E-state index < -0.39 is 18.5 Å². The first-order chi connectivity index (χ1) is 17.7. The van der Waals surface area contributed by atoms with Crippen LogP contribution in [0.15, 0.2) is 48.9 Å². The van der Waals surface area contributed by atoms with E-state index >= 15 is 0 Å². The van der Waals surface area contributed by atoms with Crippen LogP contribution >= 0.6 is 0 Å². The minimum atomic E-state index is -4.47. The summed E-state index contributed by atoms with van der Waals surface area (Å²) in [6, 6.07) is 9.94. The van der Waals surface area contributed by atoms with Crippen LogP contribution in [0.2, 0.25) is 0 Å². The standard InChI is InChI=1S/C26H26F3N7O/c1-17-31-14-20(15-32-17)19-2-3-22-23(11-19)34-24(33-22)12-21-10-18(4-5-30-21)16-35-6-8-36(9-7-35)25(37)13-26(27,28)29/h2-5,10-11,14-15H,6-9,12-13,16H2,1H3,(H,33,34). The zero-order chi connectivity index (χ0) is 26.0. The van der Waals surface area contributed by atoms with Gasteiger partial charge in [-0.15, -0.1) is 0 Å². The Hall–Kier alpha value is -3.86. The number of aromatic amines is 1. The molecule has 1 aliphatic heterocycles. The van der Waals surface area contributed by atoms with Crippen LogP contribution in [-0.2, 0) is 17.8 Å². The Kier molecular flexibility index (Phi) is 6.88. The van der Waals surface area contributed by atoms with Crippen molar-refractivity contribution in [2.45, 2.75) is 32.5 Å². The zero-order valence-corrected chi connectivity index (χ0v) is 20.3. The Bertz CT molecular complexity index is 1390. The van der Waals surface area contributed by atoms with E-state index in [0.29, 0.717) is 39.1 Å². The molecule has 0 unspecified atom stereocenters. The molecule has 1 N–H and O–H groups in total. The summed E-state index contributed by atoms with van der Waals surface area (Å²) in [5, 5.41) is 0. The summed E-state index contributed by atoms with van der Waals surface area (Å²) < 4.78 is 37.5. The Morgan fingerprint density at radius 2 is 1.76 bits per heavy atom. The molecule has 0 radical (unpaired) electrons. The Balaban J connectivity index is 1.21. The van der Waals surface area contributed by atoms with Crippen molar-refractivity contribution in [1.29, 1.82) is 0 Å². The van der Waals surface area contributed by atoms with Crippen molar-refractivity contribution in [2.24, 2.45) is 0 Å². The molecule has 37 heavy (non-hydrogen) atoms. The van der Waals surface area contributed by atoms with Gasteiger partial charge in [-0.1, -0.05) is 6.07 Å². The molecule has 192 valence electrons. The van der Waals surface area contributed by atoms with Gasteiger partial charge in [0.1, 0.15) is 18.1 Å². The molecule has 0 spiro atoms. The number of aromatic nitrogens is 5. The van der Waals surface area contributed by atoms with Crippen LogP contribution in [0.4, 0.5) is 13.2 Å². The molecule has 1 aliphatic rings. The number of carbonyl (C=O) groups excluding carboxylic acids is 1. The number of hydrogen-bond donors (Lipinski definition) is 1. The number of pyridine rings is 1. The first-order valence-corrected chi connectivity index (χ1v) is 12.0. The van der Waals surface area contributed by atoms with Crippen LogP contribution < -0.4 is 0 Å². The molecule has 0 aliphatic carbocycles. The fourth-order valence-electron chi connectivity index (χ4n) is 4.46. The molecular weight excluding hydrogens is 483 g/mol. The number of aryl methyl sites for hydroxylation is 1. The lowest BCUT2D eigenvalue weighted by Gasteiger charge is -2.35. The van der Waals surface area contributed by atoms with E-state index in [1.54, 1.807) is 18.6 Å². The van der Waals surface area contributed by atoms with Crippen LogP contribution in [0, 0.1) is 6.92 Å². The molecule has 1 amide bonds. The van der Waals surface area contributed by atoms with Gasteiger partial charge in [0, 0.05) is 69.0 Å². The summed E-state index contributed by atoms with van der Waals surface area (Å²) in [7, 11) is 0. The highest BCUT2D eigenvalue weighted by atomic mass is 19.4. The zero-order valence-electron chi connectivity index (χ0n) is 20.3. The molecule has 0 atom stereocenters. The molecule has 11 heteroatoms. The summed E-state index contributed by atoms with van der Waals surface area (Å²) >= 11 is 0. The second-order valence-electron chi connectivity index (χ2n) is 9.22. The lowest BCUT2D eigenvalue weighted by molar-refractivity contribution is -0.162. The summed E-state index contributed by atoms with van der Waals surface area (Å²) in [4.78, 5) is 36.3. The maximum atomic E-state index is 12.5. The number of alkyl halides is 3. The molecule has 4 aromatic rings. The van der Waals surface area contributed by atoms with Crippen LogP contribution in [0.5, 0.6) is 0 Å². The largest absolute Gasteiger partial charge is 0.397 e. The molecule has 1 saturated heterocycles. The third-order valence-electron chi connectivity index (χ3n) is 6.36. The fourth-order valence-corrected chi connectivity index (χ4v) is 4.46. The highest BCUT2D eigenvalue weighted by Crippen LogP contribution is 2.24. The molecular formula is C26H26F3N7O. The van der Waals surface area contributed by atoms with Gasteiger partial charge in [0.25, 0.3) is 0 Å². The summed E-state index contributed by atoms with van der Waals surface area (Å²) in [6.07, 6.45) is 0.0219. The normalized spacial score (nSPS) is 14.9. The maximum Gasteiger partial charge on any atom is 0.397 e. The Morgan fingerprint density at radius 3 is 2.49 bits per heavy atom. The van der Waals surface area contributed by atoms with Crippen LogP contribution in [0.3, 0.4) is 0 Å². The number of hydrogen-bond acceptors (Lipinski definition) is 6. The molecule has 1 aromatic carbocycles. The number of amides is 1. The topological polar surface area (TPSA) is 90.9 Å². The van der Waals surface area contributed by atoms with Crippen molar-refractivity contribution in [2.75, 3.05) is 26.2 Å². The first kappa shape index (κ1) is 24.8. The van der Waals surface area contributed by atoms with Crippen LogP contribution in [0.25, 0.3) is 22.2 Å². The number of benzene rings is 1. The van der Waals surface area contributed by atoms with Gasteiger partial charge in [0.05, 0.1) is 11.0 Å². The van der Waals surface area contributed by atoms with Gasteiger partial charge in [0.2, 0.25) is 5.91 Å². The van der Waals surface area contributed by atoms with Gasteiger partial charge in [0.15, 0.2) is 0 Å². The van der Waals surface area contributed by atoms with Crippen molar-refractivity contribution >= 4 is 16.9 Å². The average molecular weight is 510 g/mol. The highest BCUT2D eigenvalue weighted by Gasteiger charge is 2.34. The van der Waals surface area contributed by atoms with E-state index in [1.165, 1.54) is 4.90 Å². The summed E-state index contributed by atoms with van der Waals surface area (Å²) in [5.74, 6) is 0.666. The van der Waals surface area contributed by atoms with E-state index in [9.17, 15) is 18.0 Å². The predicted molar refractivity (Wildman–Crippen MR) is 131 cm³/mol. The molecule has 0 saturated carbocycles. The van der Waals surface area contributed by atoms with Crippen molar-refractivity contribution in [3.63, 3.8) is 0 Å². The second-order valence-corrected chi connectivity index (χ2v) is 9.22. The number of piperazine rings is 1. The number of rotatable bonds is 6. The third kappa shape index (κ3) is 6.29. The number of halogens is 3. The van der Waals surface area contributed by atoms with E-state index in [4.69, 9.17) is 4.98 Å². The molecule has 0 bridgehead atoms. The minimum Gasteiger partial charge on any atom is -0.342 e. The summed E-state index contributed by atoms with van der Waals surface area (Å²) in [5.41, 5.74) is 5.63. The van der Waals surface area contributed by atoms with Crippen molar-refractivity contribution < 1.29 is 18.0 Å². The van der Waals surface area contributed by atoms with Gasteiger partial charge in [-0.2, -0.15) is 13.2 Å². The molecule has 3 aromatic heterocycles. The molecule has 1 fully saturated rings. The number of fused-ring (bicyclic) bond motifs is 1. The van der Waals surface area contributed by atoms with Crippen molar-refractivity contribution in [3.05, 3.63) is 71.8 Å². The number of carbonyl (C=O) groups is 1. The van der Waals surface area contributed by atoms with E-state index in [1.807, 2.05) is 37.3 Å². The fraction of sp³-hybridized carbons (Fsp3) is 0.346. The van der Waals surface area contributed by atoms with E-state index in [0.717, 1.165) is 45.1 Å². The first-order valence-electron chi connectivity index (χ1n) is 12.0. The number of H-pyrrole nitrogens is 1. The van der Waals surface area contributed by atoms with Crippen molar-refractivity contribution in [1.82, 2.24) is 34.7 Å². The Morgan fingerprint density at radius 1 is 1.00 bits per heavy atom. The molecule has 5 rings (SSSR count). The monoisotopic (exact) mass is 509 g/mol. The second kappa shape index (κ2) is 10.3. The van der Waals surface area contributed by atoms with Gasteiger partial charge in [-0.05, 0) is 42.3 Å². The van der Waals surface area contributed by atoms with Gasteiger partial charge >= 0.3 is 6.18 Å². The van der Waals surface area contributed by atoms with Gasteiger partial charge in [-0.25, -0.2) is 15.0 Å². The van der Waals surface area contributed by atoms with E-state index in [2.05, 4.69) is 24.8 Å². The molecule has 8 nitrogen and oxygen atoms in total. The quantitative estimate of drug-likeness (QED) is 0.424. The highest BCUT2D eigenvalue weighted by molar-refractivity contribution is 5.81. The van der Waals surface area contributed by atoms with Crippen LogP contribution in [0.1, 0.15) is 29.3 Å². The number of imidazole rings is 1. The van der Waals surface area contributed by atoms with Crippen LogP contribution in [-0.4, -0.2) is 73.0 Å². The SMILES string of the molecule is Cc1ncc(-c2ccc3nc(Cc4cc(CN5CCN(C(=O)CC(F)(F)F)CC5)ccn4)[nH]c3c2)cn1.